The van der Waals surface area contributed by atoms with Gasteiger partial charge in [-0.2, -0.15) is 0 Å². The first-order valence-electron chi connectivity index (χ1n) is 12.3. The summed E-state index contributed by atoms with van der Waals surface area (Å²) in [6.45, 7) is 6.37. The van der Waals surface area contributed by atoms with E-state index in [4.69, 9.17) is 24.2 Å². The molecule has 6 heteroatoms. The van der Waals surface area contributed by atoms with Crippen molar-refractivity contribution in [2.75, 3.05) is 39.3 Å². The summed E-state index contributed by atoms with van der Waals surface area (Å²) in [5.41, 5.74) is 2.26. The van der Waals surface area contributed by atoms with Crippen molar-refractivity contribution >= 4 is 16.7 Å². The molecule has 0 atom stereocenters. The van der Waals surface area contributed by atoms with E-state index in [-0.39, 0.29) is 5.41 Å². The number of methoxy groups -OCH3 is 3. The predicted octanol–water partition coefficient (Wildman–Crippen LogP) is 5.95. The monoisotopic (exact) mass is 463 g/mol. The van der Waals surface area contributed by atoms with Gasteiger partial charge in [-0.25, -0.2) is 9.97 Å². The number of hydrogen-bond donors (Lipinski definition) is 0. The number of aromatic nitrogens is 2. The molecule has 2 aromatic carbocycles. The first-order valence-corrected chi connectivity index (χ1v) is 12.3. The van der Waals surface area contributed by atoms with Gasteiger partial charge in [0, 0.05) is 30.0 Å². The lowest BCUT2D eigenvalue weighted by atomic mass is 10.1. The summed E-state index contributed by atoms with van der Waals surface area (Å²) in [4.78, 5) is 12.5. The Morgan fingerprint density at radius 1 is 0.882 bits per heavy atom. The minimum Gasteiger partial charge on any atom is -0.496 e. The molecule has 0 N–H and O–H groups in total. The highest BCUT2D eigenvalue weighted by Gasteiger charge is 2.42. The van der Waals surface area contributed by atoms with Gasteiger partial charge >= 0.3 is 0 Å². The molecule has 4 rings (SSSR count). The standard InChI is InChI=1S/C28H37N3O3/c1-6-16-31(17-10-9-12-20-11-7-8-13-23(20)32-3)26-21-18-24(33-4)25(34-5)19-22(21)29-27(30-26)28(2)14-15-28/h7-8,11,13,18-19H,6,9-10,12,14-17H2,1-5H3. The number of ether oxygens (including phenoxy) is 3. The highest BCUT2D eigenvalue weighted by molar-refractivity contribution is 5.92. The first-order chi connectivity index (χ1) is 16.5. The molecular weight excluding hydrogens is 426 g/mol. The van der Waals surface area contributed by atoms with E-state index in [1.807, 2.05) is 24.3 Å². The maximum atomic E-state index is 5.61. The van der Waals surface area contributed by atoms with E-state index in [1.165, 1.54) is 5.56 Å². The smallest absolute Gasteiger partial charge is 0.162 e. The zero-order valence-corrected chi connectivity index (χ0v) is 21.2. The molecule has 182 valence electrons. The fourth-order valence-electron chi connectivity index (χ4n) is 4.48. The number of aryl methyl sites for hydroxylation is 1. The summed E-state index contributed by atoms with van der Waals surface area (Å²) in [6, 6.07) is 12.3. The zero-order valence-electron chi connectivity index (χ0n) is 21.2. The molecule has 1 saturated carbocycles. The second kappa shape index (κ2) is 10.5. The van der Waals surface area contributed by atoms with Gasteiger partial charge in [0.05, 0.1) is 26.8 Å². The van der Waals surface area contributed by atoms with Crippen molar-refractivity contribution < 1.29 is 14.2 Å². The maximum Gasteiger partial charge on any atom is 0.162 e. The second-order valence-electron chi connectivity index (χ2n) is 9.41. The molecule has 1 aliphatic rings. The third kappa shape index (κ3) is 5.06. The summed E-state index contributed by atoms with van der Waals surface area (Å²) < 4.78 is 16.7. The van der Waals surface area contributed by atoms with Gasteiger partial charge < -0.3 is 19.1 Å². The van der Waals surface area contributed by atoms with Crippen LogP contribution in [-0.4, -0.2) is 44.4 Å². The van der Waals surface area contributed by atoms with Crippen molar-refractivity contribution in [3.8, 4) is 17.2 Å². The van der Waals surface area contributed by atoms with E-state index in [9.17, 15) is 0 Å². The quantitative estimate of drug-likeness (QED) is 0.310. The largest absolute Gasteiger partial charge is 0.496 e. The van der Waals surface area contributed by atoms with Crippen LogP contribution in [0.15, 0.2) is 36.4 Å². The van der Waals surface area contributed by atoms with Gasteiger partial charge in [0.25, 0.3) is 0 Å². The van der Waals surface area contributed by atoms with Gasteiger partial charge in [0.15, 0.2) is 11.5 Å². The zero-order chi connectivity index (χ0) is 24.1. The third-order valence-electron chi connectivity index (χ3n) is 6.83. The molecule has 0 aliphatic heterocycles. The Morgan fingerprint density at radius 2 is 1.59 bits per heavy atom. The fraction of sp³-hybridized carbons (Fsp3) is 0.500. The number of hydrogen-bond acceptors (Lipinski definition) is 6. The lowest BCUT2D eigenvalue weighted by Crippen LogP contribution is -2.27. The summed E-state index contributed by atoms with van der Waals surface area (Å²) >= 11 is 0. The molecule has 1 aliphatic carbocycles. The molecule has 3 aromatic rings. The lowest BCUT2D eigenvalue weighted by molar-refractivity contribution is 0.355. The maximum absolute atomic E-state index is 5.61. The minimum atomic E-state index is 0.0812. The van der Waals surface area contributed by atoms with Crippen molar-refractivity contribution in [3.63, 3.8) is 0 Å². The summed E-state index contributed by atoms with van der Waals surface area (Å²) in [6.07, 6.45) is 6.49. The van der Waals surface area contributed by atoms with Crippen molar-refractivity contribution in [1.82, 2.24) is 9.97 Å². The molecule has 0 amide bonds. The van der Waals surface area contributed by atoms with Gasteiger partial charge in [-0.3, -0.25) is 0 Å². The number of rotatable bonds is 12. The van der Waals surface area contributed by atoms with Gasteiger partial charge in [0.1, 0.15) is 17.4 Å². The van der Waals surface area contributed by atoms with Crippen molar-refractivity contribution in [2.45, 2.75) is 57.8 Å². The molecule has 6 nitrogen and oxygen atoms in total. The van der Waals surface area contributed by atoms with Crippen molar-refractivity contribution in [3.05, 3.63) is 47.8 Å². The molecule has 0 spiro atoms. The van der Waals surface area contributed by atoms with Crippen molar-refractivity contribution in [1.29, 1.82) is 0 Å². The van der Waals surface area contributed by atoms with E-state index < -0.39 is 0 Å². The Kier molecular flexibility index (Phi) is 7.44. The molecule has 0 bridgehead atoms. The van der Waals surface area contributed by atoms with Crippen LogP contribution >= 0.6 is 0 Å². The molecule has 1 fully saturated rings. The topological polar surface area (TPSA) is 56.7 Å². The molecule has 1 aromatic heterocycles. The van der Waals surface area contributed by atoms with E-state index in [2.05, 4.69) is 30.9 Å². The number of anilines is 1. The summed E-state index contributed by atoms with van der Waals surface area (Å²) in [5.74, 6) is 4.33. The average molecular weight is 464 g/mol. The number of fused-ring (bicyclic) bond motifs is 1. The number of unbranched alkanes of at least 4 members (excludes halogenated alkanes) is 1. The van der Waals surface area contributed by atoms with Crippen LogP contribution in [-0.2, 0) is 11.8 Å². The van der Waals surface area contributed by atoms with E-state index in [0.29, 0.717) is 11.5 Å². The summed E-state index contributed by atoms with van der Waals surface area (Å²) in [5, 5.41) is 1.02. The fourth-order valence-corrected chi connectivity index (χ4v) is 4.48. The van der Waals surface area contributed by atoms with Crippen LogP contribution in [0.25, 0.3) is 10.9 Å². The van der Waals surface area contributed by atoms with Gasteiger partial charge in [-0.05, 0) is 56.2 Å². The molecular formula is C28H37N3O3. The Labute approximate surface area is 203 Å². The van der Waals surface area contributed by atoms with E-state index >= 15 is 0 Å². The Bertz CT molecular complexity index is 1130. The lowest BCUT2D eigenvalue weighted by Gasteiger charge is -2.26. The normalized spacial score (nSPS) is 14.1. The molecule has 1 heterocycles. The third-order valence-corrected chi connectivity index (χ3v) is 6.83. The van der Waals surface area contributed by atoms with Crippen LogP contribution in [0.3, 0.4) is 0 Å². The van der Waals surface area contributed by atoms with Crippen LogP contribution < -0.4 is 19.1 Å². The molecule has 0 radical (unpaired) electrons. The number of benzene rings is 2. The molecule has 0 saturated heterocycles. The van der Waals surface area contributed by atoms with Gasteiger partial charge in [-0.15, -0.1) is 0 Å². The molecule has 0 unspecified atom stereocenters. The Hall–Kier alpha value is -3.02. The highest BCUT2D eigenvalue weighted by Crippen LogP contribution is 2.47. The first kappa shape index (κ1) is 24.1. The van der Waals surface area contributed by atoms with Crippen LogP contribution in [0.1, 0.15) is 57.3 Å². The van der Waals surface area contributed by atoms with Crippen LogP contribution in [0.5, 0.6) is 17.2 Å². The minimum absolute atomic E-state index is 0.0812. The SMILES string of the molecule is CCCN(CCCCc1ccccc1OC)c1nc(C2(C)CC2)nc2cc(OC)c(OC)cc12. The van der Waals surface area contributed by atoms with E-state index in [1.54, 1.807) is 21.3 Å². The average Bonchev–Trinajstić information content (AvgIpc) is 3.63. The molecule has 34 heavy (non-hydrogen) atoms. The number of nitrogens with zero attached hydrogens (tertiary/aromatic N) is 3. The van der Waals surface area contributed by atoms with Gasteiger partial charge in [-0.1, -0.05) is 32.0 Å². The van der Waals surface area contributed by atoms with Crippen LogP contribution in [0.4, 0.5) is 5.82 Å². The van der Waals surface area contributed by atoms with Crippen molar-refractivity contribution in [2.24, 2.45) is 0 Å². The highest BCUT2D eigenvalue weighted by atomic mass is 16.5. The van der Waals surface area contributed by atoms with Crippen LogP contribution in [0, 0.1) is 0 Å². The van der Waals surface area contributed by atoms with Gasteiger partial charge in [0.2, 0.25) is 0 Å². The van der Waals surface area contributed by atoms with Crippen LogP contribution in [0.2, 0.25) is 0 Å². The Morgan fingerprint density at radius 3 is 2.26 bits per heavy atom. The van der Waals surface area contributed by atoms with E-state index in [0.717, 1.165) is 79.9 Å². The second-order valence-corrected chi connectivity index (χ2v) is 9.41. The predicted molar refractivity (Wildman–Crippen MR) is 138 cm³/mol. The Balaban J connectivity index is 1.62. The summed E-state index contributed by atoms with van der Waals surface area (Å²) in [7, 11) is 5.08. The number of para-hydroxylation sites is 1.